The van der Waals surface area contributed by atoms with Crippen LogP contribution in [0.2, 0.25) is 0 Å². The maximum Gasteiger partial charge on any atom is 0.434 e. The number of hydrogen-bond acceptors (Lipinski definition) is 4. The van der Waals surface area contributed by atoms with Gasteiger partial charge in [0.1, 0.15) is 0 Å². The van der Waals surface area contributed by atoms with Crippen LogP contribution in [0.25, 0.3) is 5.69 Å². The molecule has 0 aliphatic rings. The lowest BCUT2D eigenvalue weighted by Crippen LogP contribution is -2.27. The molecule has 0 unspecified atom stereocenters. The van der Waals surface area contributed by atoms with Gasteiger partial charge in [0.2, 0.25) is 0 Å². The smallest absolute Gasteiger partial charge is 0.345 e. The van der Waals surface area contributed by atoms with E-state index >= 15 is 0 Å². The second-order valence-corrected chi connectivity index (χ2v) is 6.41. The lowest BCUT2D eigenvalue weighted by atomic mass is 10.2. The van der Waals surface area contributed by atoms with Gasteiger partial charge < -0.3 is 9.88 Å². The van der Waals surface area contributed by atoms with Gasteiger partial charge in [0, 0.05) is 6.54 Å². The molecule has 0 aliphatic carbocycles. The first kappa shape index (κ1) is 19.8. The van der Waals surface area contributed by atoms with Gasteiger partial charge in [-0.05, 0) is 38.2 Å². The number of aromatic nitrogens is 5. The summed E-state index contributed by atoms with van der Waals surface area (Å²) in [7, 11) is 0. The van der Waals surface area contributed by atoms with Crippen molar-refractivity contribution in [1.29, 1.82) is 0 Å². The molecule has 0 spiro atoms. The third-order valence-corrected chi connectivity index (χ3v) is 4.43. The van der Waals surface area contributed by atoms with E-state index in [2.05, 4.69) is 20.6 Å². The van der Waals surface area contributed by atoms with Crippen molar-refractivity contribution in [3.63, 3.8) is 0 Å². The minimum absolute atomic E-state index is 0.0766. The van der Waals surface area contributed by atoms with E-state index in [1.165, 1.54) is 12.1 Å². The minimum atomic E-state index is -4.77. The van der Waals surface area contributed by atoms with Gasteiger partial charge in [0.05, 0.1) is 24.0 Å². The molecular formula is C17H17F3N6OS. The number of aryl methyl sites for hydroxylation is 1. The van der Waals surface area contributed by atoms with Crippen LogP contribution in [0.1, 0.15) is 34.4 Å². The van der Waals surface area contributed by atoms with Crippen molar-refractivity contribution in [2.75, 3.05) is 0 Å². The molecule has 2 heterocycles. The van der Waals surface area contributed by atoms with Gasteiger partial charge in [-0.2, -0.15) is 23.4 Å². The number of alkyl halides is 3. The van der Waals surface area contributed by atoms with Gasteiger partial charge in [-0.3, -0.25) is 9.89 Å². The average molecular weight is 410 g/mol. The average Bonchev–Trinajstić information content (AvgIpc) is 3.24. The number of hydrogen-bond donors (Lipinski definition) is 2. The highest BCUT2D eigenvalue weighted by molar-refractivity contribution is 7.71. The standard InChI is InChI=1S/C17H17F3N6OS/c1-3-25-13(23-24-16(25)28)9-21-15(27)12-8-22-26(14(12)17(18,19)20)11-6-4-10(2)5-7-11/h4-8H,3,9H2,1-2H3,(H,21,27)(H,24,28). The zero-order chi connectivity index (χ0) is 20.5. The van der Waals surface area contributed by atoms with E-state index in [-0.39, 0.29) is 12.2 Å². The quantitative estimate of drug-likeness (QED) is 0.632. The fourth-order valence-electron chi connectivity index (χ4n) is 2.74. The molecule has 1 aromatic carbocycles. The summed E-state index contributed by atoms with van der Waals surface area (Å²) in [6.45, 7) is 4.10. The molecule has 2 N–H and O–H groups in total. The fourth-order valence-corrected chi connectivity index (χ4v) is 3.02. The molecular weight excluding hydrogens is 393 g/mol. The molecule has 3 rings (SSSR count). The fraction of sp³-hybridized carbons (Fsp3) is 0.294. The molecule has 0 saturated heterocycles. The van der Waals surface area contributed by atoms with Crippen LogP contribution in [0.15, 0.2) is 30.5 Å². The van der Waals surface area contributed by atoms with Crippen molar-refractivity contribution in [2.24, 2.45) is 0 Å². The van der Waals surface area contributed by atoms with E-state index in [1.807, 2.05) is 13.8 Å². The van der Waals surface area contributed by atoms with E-state index in [0.717, 1.165) is 16.4 Å². The Morgan fingerprint density at radius 2 is 1.96 bits per heavy atom. The van der Waals surface area contributed by atoms with Crippen LogP contribution >= 0.6 is 12.2 Å². The van der Waals surface area contributed by atoms with Crippen molar-refractivity contribution in [3.8, 4) is 5.69 Å². The first-order valence-electron chi connectivity index (χ1n) is 8.37. The molecule has 148 valence electrons. The number of aromatic amines is 1. The molecule has 0 bridgehead atoms. The summed E-state index contributed by atoms with van der Waals surface area (Å²) in [5, 5.41) is 12.8. The van der Waals surface area contributed by atoms with Crippen LogP contribution in [0.5, 0.6) is 0 Å². The van der Waals surface area contributed by atoms with E-state index < -0.39 is 23.3 Å². The van der Waals surface area contributed by atoms with Crippen molar-refractivity contribution >= 4 is 18.1 Å². The number of nitrogens with one attached hydrogen (secondary N) is 2. The van der Waals surface area contributed by atoms with Gasteiger partial charge >= 0.3 is 6.18 Å². The van der Waals surface area contributed by atoms with Gasteiger partial charge in [-0.15, -0.1) is 0 Å². The number of carbonyl (C=O) groups is 1. The largest absolute Gasteiger partial charge is 0.434 e. The molecule has 0 fully saturated rings. The molecule has 0 radical (unpaired) electrons. The van der Waals surface area contributed by atoms with E-state index in [0.29, 0.717) is 17.1 Å². The van der Waals surface area contributed by atoms with Crippen LogP contribution in [0, 0.1) is 11.7 Å². The third-order valence-electron chi connectivity index (χ3n) is 4.12. The van der Waals surface area contributed by atoms with Crippen LogP contribution in [-0.2, 0) is 19.3 Å². The lowest BCUT2D eigenvalue weighted by molar-refractivity contribution is -0.143. The SMILES string of the molecule is CCn1c(CNC(=O)c2cnn(-c3ccc(C)cc3)c2C(F)(F)F)n[nH]c1=S. The van der Waals surface area contributed by atoms with Crippen molar-refractivity contribution in [1.82, 2.24) is 29.9 Å². The maximum atomic E-state index is 13.7. The Morgan fingerprint density at radius 1 is 1.29 bits per heavy atom. The summed E-state index contributed by atoms with van der Waals surface area (Å²) in [5.74, 6) is -0.484. The van der Waals surface area contributed by atoms with Crippen molar-refractivity contribution in [2.45, 2.75) is 33.1 Å². The van der Waals surface area contributed by atoms with Gasteiger partial charge in [0.15, 0.2) is 16.3 Å². The Hall–Kier alpha value is -2.95. The van der Waals surface area contributed by atoms with Crippen molar-refractivity contribution < 1.29 is 18.0 Å². The highest BCUT2D eigenvalue weighted by Gasteiger charge is 2.40. The van der Waals surface area contributed by atoms with E-state index in [1.54, 1.807) is 16.7 Å². The Kier molecular flexibility index (Phi) is 5.36. The molecule has 3 aromatic rings. The molecule has 0 aliphatic heterocycles. The Balaban J connectivity index is 1.91. The van der Waals surface area contributed by atoms with Crippen LogP contribution in [-0.4, -0.2) is 30.5 Å². The maximum absolute atomic E-state index is 13.7. The van der Waals surface area contributed by atoms with E-state index in [9.17, 15) is 18.0 Å². The number of nitrogens with zero attached hydrogens (tertiary/aromatic N) is 4. The Labute approximate surface area is 163 Å². The molecule has 1 amide bonds. The van der Waals surface area contributed by atoms with Gasteiger partial charge in [-0.25, -0.2) is 4.68 Å². The zero-order valence-electron chi connectivity index (χ0n) is 15.0. The van der Waals surface area contributed by atoms with Gasteiger partial charge in [0.25, 0.3) is 5.91 Å². The summed E-state index contributed by atoms with van der Waals surface area (Å²) < 4.78 is 43.8. The number of rotatable bonds is 5. The monoisotopic (exact) mass is 410 g/mol. The third kappa shape index (κ3) is 3.84. The molecule has 2 aromatic heterocycles. The number of benzene rings is 1. The van der Waals surface area contributed by atoms with Crippen LogP contribution < -0.4 is 5.32 Å². The van der Waals surface area contributed by atoms with E-state index in [4.69, 9.17) is 12.2 Å². The molecule has 0 saturated carbocycles. The normalized spacial score (nSPS) is 11.6. The number of halogens is 3. The summed E-state index contributed by atoms with van der Waals surface area (Å²) in [6, 6.07) is 6.37. The molecule has 7 nitrogen and oxygen atoms in total. The number of H-pyrrole nitrogens is 1. The van der Waals surface area contributed by atoms with Gasteiger partial charge in [-0.1, -0.05) is 17.7 Å². The summed E-state index contributed by atoms with van der Waals surface area (Å²) in [4.78, 5) is 12.5. The molecule has 28 heavy (non-hydrogen) atoms. The highest BCUT2D eigenvalue weighted by atomic mass is 32.1. The number of amides is 1. The predicted molar refractivity (Wildman–Crippen MR) is 97.6 cm³/mol. The second kappa shape index (κ2) is 7.58. The zero-order valence-corrected chi connectivity index (χ0v) is 15.9. The number of carbonyl (C=O) groups excluding carboxylic acids is 1. The first-order valence-corrected chi connectivity index (χ1v) is 8.77. The topological polar surface area (TPSA) is 80.5 Å². The summed E-state index contributed by atoms with van der Waals surface area (Å²) >= 11 is 5.05. The second-order valence-electron chi connectivity index (χ2n) is 6.02. The highest BCUT2D eigenvalue weighted by Crippen LogP contribution is 2.33. The van der Waals surface area contributed by atoms with Crippen LogP contribution in [0.3, 0.4) is 0 Å². The minimum Gasteiger partial charge on any atom is -0.345 e. The Bertz CT molecular complexity index is 1050. The Morgan fingerprint density at radius 3 is 2.57 bits per heavy atom. The predicted octanol–water partition coefficient (Wildman–Crippen LogP) is 3.40. The first-order chi connectivity index (χ1) is 13.2. The molecule has 11 heteroatoms. The van der Waals surface area contributed by atoms with Crippen LogP contribution in [0.4, 0.5) is 13.2 Å². The summed E-state index contributed by atoms with van der Waals surface area (Å²) in [6.07, 6.45) is -3.85. The molecule has 0 atom stereocenters. The lowest BCUT2D eigenvalue weighted by Gasteiger charge is -2.13. The van der Waals surface area contributed by atoms with Crippen molar-refractivity contribution in [3.05, 3.63) is 57.9 Å². The summed E-state index contributed by atoms with van der Waals surface area (Å²) in [5.41, 5.74) is -0.593.